The Bertz CT molecular complexity index is 856. The van der Waals surface area contributed by atoms with E-state index in [1.807, 2.05) is 18.2 Å². The molecule has 23 heavy (non-hydrogen) atoms. The lowest BCUT2D eigenvalue weighted by Crippen LogP contribution is -2.00. The van der Waals surface area contributed by atoms with Crippen molar-refractivity contribution in [2.45, 2.75) is 20.3 Å². The summed E-state index contributed by atoms with van der Waals surface area (Å²) in [5.41, 5.74) is 5.67. The predicted molar refractivity (Wildman–Crippen MR) is 85.3 cm³/mol. The Labute approximate surface area is 132 Å². The molecule has 1 aliphatic carbocycles. The summed E-state index contributed by atoms with van der Waals surface area (Å²) in [4.78, 5) is 26.0. The van der Waals surface area contributed by atoms with Crippen LogP contribution in [0.5, 0.6) is 0 Å². The summed E-state index contributed by atoms with van der Waals surface area (Å²) in [6.45, 7) is 3.06. The predicted octanol–water partition coefficient (Wildman–Crippen LogP) is 3.45. The van der Waals surface area contributed by atoms with E-state index in [1.165, 1.54) is 13.0 Å². The van der Waals surface area contributed by atoms with Crippen LogP contribution in [0.2, 0.25) is 0 Å². The minimum absolute atomic E-state index is 0.101. The van der Waals surface area contributed by atoms with Gasteiger partial charge >= 0.3 is 5.97 Å². The Morgan fingerprint density at radius 3 is 2.43 bits per heavy atom. The van der Waals surface area contributed by atoms with Gasteiger partial charge in [0.05, 0.1) is 10.6 Å². The number of oxime groups is 1. The lowest BCUT2D eigenvalue weighted by molar-refractivity contribution is -0.384. The molecule has 3 rings (SSSR count). The van der Waals surface area contributed by atoms with Gasteiger partial charge < -0.3 is 4.84 Å². The fourth-order valence-electron chi connectivity index (χ4n) is 2.72. The molecular formula is C17H14N2O4. The number of carbonyl (C=O) groups excluding carboxylic acids is 1. The number of rotatable bonds is 3. The van der Waals surface area contributed by atoms with Crippen molar-refractivity contribution in [3.05, 3.63) is 63.2 Å². The molecule has 2 aromatic carbocycles. The van der Waals surface area contributed by atoms with Gasteiger partial charge in [-0.05, 0) is 53.3 Å². The molecule has 0 heterocycles. The zero-order valence-corrected chi connectivity index (χ0v) is 12.7. The van der Waals surface area contributed by atoms with Crippen molar-refractivity contribution in [2.24, 2.45) is 5.16 Å². The fraction of sp³-hybridized carbons (Fsp3) is 0.176. The van der Waals surface area contributed by atoms with Crippen LogP contribution >= 0.6 is 0 Å². The molecule has 0 saturated heterocycles. The maximum absolute atomic E-state index is 10.9. The van der Waals surface area contributed by atoms with Crippen LogP contribution in [0, 0.1) is 10.1 Å². The molecule has 116 valence electrons. The highest BCUT2D eigenvalue weighted by Crippen LogP contribution is 2.38. The molecular weight excluding hydrogens is 296 g/mol. The van der Waals surface area contributed by atoms with E-state index < -0.39 is 5.97 Å². The van der Waals surface area contributed by atoms with Crippen molar-refractivity contribution in [1.82, 2.24) is 0 Å². The zero-order valence-electron chi connectivity index (χ0n) is 12.7. The first-order chi connectivity index (χ1) is 11.0. The van der Waals surface area contributed by atoms with E-state index in [1.54, 1.807) is 19.1 Å². The topological polar surface area (TPSA) is 81.8 Å². The van der Waals surface area contributed by atoms with E-state index in [0.717, 1.165) is 27.8 Å². The van der Waals surface area contributed by atoms with Crippen molar-refractivity contribution < 1.29 is 14.6 Å². The number of fused-ring (bicyclic) bond motifs is 3. The number of hydrogen-bond acceptors (Lipinski definition) is 5. The highest BCUT2D eigenvalue weighted by Gasteiger charge is 2.21. The maximum Gasteiger partial charge on any atom is 0.331 e. The molecule has 0 amide bonds. The van der Waals surface area contributed by atoms with Gasteiger partial charge in [-0.25, -0.2) is 4.79 Å². The Hall–Kier alpha value is -3.02. The molecule has 6 nitrogen and oxygen atoms in total. The minimum Gasteiger partial charge on any atom is -0.318 e. The molecule has 0 aliphatic heterocycles. The van der Waals surface area contributed by atoms with Gasteiger partial charge in [0.2, 0.25) is 0 Å². The van der Waals surface area contributed by atoms with Crippen molar-refractivity contribution in [1.29, 1.82) is 0 Å². The summed E-state index contributed by atoms with van der Waals surface area (Å²) in [6, 6.07) is 10.8. The van der Waals surface area contributed by atoms with Crippen molar-refractivity contribution in [3.8, 4) is 11.1 Å². The lowest BCUT2D eigenvalue weighted by atomic mass is 10.0. The Morgan fingerprint density at radius 2 is 1.78 bits per heavy atom. The van der Waals surface area contributed by atoms with Crippen LogP contribution in [0.15, 0.2) is 41.6 Å². The van der Waals surface area contributed by atoms with Crippen molar-refractivity contribution in [2.75, 3.05) is 0 Å². The molecule has 0 spiro atoms. The summed E-state index contributed by atoms with van der Waals surface area (Å²) in [5, 5.41) is 14.7. The van der Waals surface area contributed by atoms with E-state index in [9.17, 15) is 14.9 Å². The first kappa shape index (κ1) is 14.9. The SMILES string of the molecule is CC(=O)O/N=C(\C)c1ccc2c(c1)Cc1cc([N+](=O)[O-])ccc1-2. The van der Waals surface area contributed by atoms with Crippen LogP contribution in [0.25, 0.3) is 11.1 Å². The average Bonchev–Trinajstić information content (AvgIpc) is 2.88. The number of nitro groups is 1. The molecule has 0 bridgehead atoms. The van der Waals surface area contributed by atoms with Crippen LogP contribution in [0.3, 0.4) is 0 Å². The summed E-state index contributed by atoms with van der Waals surface area (Å²) in [6.07, 6.45) is 0.640. The second-order valence-corrected chi connectivity index (χ2v) is 5.41. The lowest BCUT2D eigenvalue weighted by Gasteiger charge is -2.04. The highest BCUT2D eigenvalue weighted by molar-refractivity contribution is 5.99. The van der Waals surface area contributed by atoms with Gasteiger partial charge in [0.1, 0.15) is 0 Å². The average molecular weight is 310 g/mol. The summed E-state index contributed by atoms with van der Waals surface area (Å²) in [5.74, 6) is -0.467. The molecule has 2 aromatic rings. The molecule has 0 unspecified atom stereocenters. The molecule has 0 radical (unpaired) electrons. The van der Waals surface area contributed by atoms with Gasteiger partial charge in [-0.3, -0.25) is 10.1 Å². The first-order valence-electron chi connectivity index (χ1n) is 7.09. The Kier molecular flexibility index (Phi) is 3.65. The number of carbonyl (C=O) groups is 1. The van der Waals surface area contributed by atoms with Gasteiger partial charge in [0, 0.05) is 19.1 Å². The molecule has 0 saturated carbocycles. The molecule has 0 atom stereocenters. The molecule has 0 fully saturated rings. The third-order valence-corrected chi connectivity index (χ3v) is 3.80. The fourth-order valence-corrected chi connectivity index (χ4v) is 2.72. The van der Waals surface area contributed by atoms with Gasteiger partial charge in [0.15, 0.2) is 0 Å². The normalized spacial score (nSPS) is 12.5. The second kappa shape index (κ2) is 5.64. The van der Waals surface area contributed by atoms with Gasteiger partial charge in [-0.2, -0.15) is 0 Å². The molecule has 0 N–H and O–H groups in total. The standard InChI is InChI=1S/C17H14N2O4/c1-10(18-23-11(2)20)12-3-5-16-13(7-12)8-14-9-15(19(21)22)4-6-17(14)16/h3-7,9H,8H2,1-2H3/b18-10+. The van der Waals surface area contributed by atoms with E-state index >= 15 is 0 Å². The van der Waals surface area contributed by atoms with Gasteiger partial charge in [-0.15, -0.1) is 0 Å². The number of benzene rings is 2. The van der Waals surface area contributed by atoms with Gasteiger partial charge in [0.25, 0.3) is 5.69 Å². The van der Waals surface area contributed by atoms with Crippen LogP contribution in [0.4, 0.5) is 5.69 Å². The van der Waals surface area contributed by atoms with Crippen LogP contribution in [0.1, 0.15) is 30.5 Å². The zero-order chi connectivity index (χ0) is 16.6. The van der Waals surface area contributed by atoms with Crippen LogP contribution in [-0.4, -0.2) is 16.6 Å². The number of nitro benzene ring substituents is 1. The first-order valence-corrected chi connectivity index (χ1v) is 7.09. The Morgan fingerprint density at radius 1 is 1.13 bits per heavy atom. The third-order valence-electron chi connectivity index (χ3n) is 3.80. The number of non-ortho nitro benzene ring substituents is 1. The summed E-state index contributed by atoms with van der Waals surface area (Å²) in [7, 11) is 0. The number of hydrogen-bond donors (Lipinski definition) is 0. The van der Waals surface area contributed by atoms with E-state index in [0.29, 0.717) is 12.1 Å². The maximum atomic E-state index is 10.9. The summed E-state index contributed by atoms with van der Waals surface area (Å²) < 4.78 is 0. The van der Waals surface area contributed by atoms with Crippen molar-refractivity contribution >= 4 is 17.4 Å². The van der Waals surface area contributed by atoms with Crippen LogP contribution in [-0.2, 0) is 16.1 Å². The quantitative estimate of drug-likeness (QED) is 0.321. The largest absolute Gasteiger partial charge is 0.331 e. The number of nitrogens with zero attached hydrogens (tertiary/aromatic N) is 2. The van der Waals surface area contributed by atoms with Crippen molar-refractivity contribution in [3.63, 3.8) is 0 Å². The minimum atomic E-state index is -0.467. The second-order valence-electron chi connectivity index (χ2n) is 5.41. The van der Waals surface area contributed by atoms with E-state index in [4.69, 9.17) is 0 Å². The van der Waals surface area contributed by atoms with Crippen LogP contribution < -0.4 is 0 Å². The highest BCUT2D eigenvalue weighted by atomic mass is 16.7. The Balaban J connectivity index is 1.94. The third kappa shape index (κ3) is 2.83. The summed E-state index contributed by atoms with van der Waals surface area (Å²) >= 11 is 0. The smallest absolute Gasteiger partial charge is 0.318 e. The van der Waals surface area contributed by atoms with Gasteiger partial charge in [-0.1, -0.05) is 17.3 Å². The monoisotopic (exact) mass is 310 g/mol. The molecule has 1 aliphatic rings. The molecule has 0 aromatic heterocycles. The van der Waals surface area contributed by atoms with E-state index in [2.05, 4.69) is 9.99 Å². The van der Waals surface area contributed by atoms with E-state index in [-0.39, 0.29) is 10.6 Å². The molecule has 6 heteroatoms.